The molecule has 1 heterocycles. The molecule has 0 saturated heterocycles. The summed E-state index contributed by atoms with van der Waals surface area (Å²) in [5, 5.41) is 19.5. The summed E-state index contributed by atoms with van der Waals surface area (Å²) in [4.78, 5) is 35.2. The molecule has 210 valence electrons. The van der Waals surface area contributed by atoms with E-state index < -0.39 is 18.0 Å². The van der Waals surface area contributed by atoms with Crippen molar-refractivity contribution in [2.45, 2.75) is 80.4 Å². The molecule has 0 aromatic carbocycles. The van der Waals surface area contributed by atoms with Gasteiger partial charge in [0.2, 0.25) is 0 Å². The summed E-state index contributed by atoms with van der Waals surface area (Å²) >= 11 is 0. The van der Waals surface area contributed by atoms with E-state index in [9.17, 15) is 19.5 Å². The molecule has 6 unspecified atom stereocenters. The minimum Gasteiger partial charge on any atom is -0.478 e. The molecule has 1 aliphatic heterocycles. The first kappa shape index (κ1) is 33.0. The zero-order valence-electron chi connectivity index (χ0n) is 24.2. The first-order valence-corrected chi connectivity index (χ1v) is 13.4. The van der Waals surface area contributed by atoms with Crippen molar-refractivity contribution >= 4 is 17.7 Å². The Kier molecular flexibility index (Phi) is 14.0. The minimum atomic E-state index is -1.01. The second-order valence-corrected chi connectivity index (χ2v) is 10.9. The Labute approximate surface area is 228 Å². The van der Waals surface area contributed by atoms with E-state index >= 15 is 0 Å². The first-order valence-electron chi connectivity index (χ1n) is 13.4. The molecule has 1 rings (SSSR count). The fourth-order valence-corrected chi connectivity index (χ4v) is 4.63. The predicted molar refractivity (Wildman–Crippen MR) is 152 cm³/mol. The van der Waals surface area contributed by atoms with Crippen LogP contribution in [0.5, 0.6) is 0 Å². The van der Waals surface area contributed by atoms with Gasteiger partial charge in [-0.2, -0.15) is 0 Å². The predicted octanol–water partition coefficient (Wildman–Crippen LogP) is 6.39. The number of ether oxygens (including phenoxy) is 1. The van der Waals surface area contributed by atoms with Crippen LogP contribution in [0.3, 0.4) is 0 Å². The van der Waals surface area contributed by atoms with Crippen LogP contribution in [0.25, 0.3) is 0 Å². The van der Waals surface area contributed by atoms with Crippen molar-refractivity contribution in [2.75, 3.05) is 0 Å². The highest BCUT2D eigenvalue weighted by Gasteiger charge is 2.29. The summed E-state index contributed by atoms with van der Waals surface area (Å²) in [6.07, 6.45) is 16.8. The second kappa shape index (κ2) is 16.1. The van der Waals surface area contributed by atoms with Crippen LogP contribution in [-0.2, 0) is 19.1 Å². The third-order valence-electron chi connectivity index (χ3n) is 6.81. The van der Waals surface area contributed by atoms with Gasteiger partial charge >= 0.3 is 11.9 Å². The molecule has 0 aliphatic carbocycles. The van der Waals surface area contributed by atoms with Crippen LogP contribution in [0.15, 0.2) is 71.4 Å². The number of cyclic esters (lactones) is 1. The Balaban J connectivity index is 2.63. The molecule has 6 nitrogen and oxygen atoms in total. The largest absolute Gasteiger partial charge is 0.478 e. The number of ketones is 1. The third-order valence-corrected chi connectivity index (χ3v) is 6.81. The highest BCUT2D eigenvalue weighted by molar-refractivity contribution is 5.85. The number of aliphatic hydroxyl groups is 1. The topological polar surface area (TPSA) is 101 Å². The van der Waals surface area contributed by atoms with Crippen LogP contribution in [0.4, 0.5) is 0 Å². The van der Waals surface area contributed by atoms with E-state index in [2.05, 4.69) is 19.1 Å². The van der Waals surface area contributed by atoms with Gasteiger partial charge in [-0.15, -0.1) is 0 Å². The minimum absolute atomic E-state index is 0.0378. The van der Waals surface area contributed by atoms with E-state index in [1.165, 1.54) is 6.08 Å². The van der Waals surface area contributed by atoms with Gasteiger partial charge in [0.15, 0.2) is 0 Å². The maximum absolute atomic E-state index is 12.9. The molecule has 0 fully saturated rings. The van der Waals surface area contributed by atoms with Crippen LogP contribution in [0.2, 0.25) is 0 Å². The quantitative estimate of drug-likeness (QED) is 0.154. The second-order valence-electron chi connectivity index (χ2n) is 10.9. The van der Waals surface area contributed by atoms with Crippen LogP contribution < -0.4 is 0 Å². The third kappa shape index (κ3) is 12.0. The number of carbonyl (C=O) groups excluding carboxylic acids is 2. The van der Waals surface area contributed by atoms with Crippen molar-refractivity contribution in [3.63, 3.8) is 0 Å². The van der Waals surface area contributed by atoms with Crippen molar-refractivity contribution in [1.82, 2.24) is 0 Å². The Hall–Kier alpha value is -2.99. The van der Waals surface area contributed by atoms with Gasteiger partial charge < -0.3 is 14.9 Å². The molecule has 0 bridgehead atoms. The summed E-state index contributed by atoms with van der Waals surface area (Å²) in [6.45, 7) is 15.3. The van der Waals surface area contributed by atoms with Crippen LogP contribution >= 0.6 is 0 Å². The van der Waals surface area contributed by atoms with E-state index in [1.54, 1.807) is 13.8 Å². The fraction of sp³-hybridized carbons (Fsp3) is 0.531. The molecule has 7 atom stereocenters. The smallest absolute Gasteiger partial charge is 0.331 e. The monoisotopic (exact) mass is 526 g/mol. The van der Waals surface area contributed by atoms with E-state index in [1.807, 2.05) is 65.0 Å². The summed E-state index contributed by atoms with van der Waals surface area (Å²) in [7, 11) is 0. The van der Waals surface area contributed by atoms with E-state index in [-0.39, 0.29) is 35.6 Å². The average molecular weight is 527 g/mol. The van der Waals surface area contributed by atoms with Gasteiger partial charge in [-0.1, -0.05) is 87.8 Å². The zero-order valence-corrected chi connectivity index (χ0v) is 24.2. The maximum atomic E-state index is 12.9. The number of hydrogen-bond donors (Lipinski definition) is 2. The van der Waals surface area contributed by atoms with Gasteiger partial charge in [0.05, 0.1) is 6.10 Å². The number of rotatable bonds is 14. The Morgan fingerprint density at radius 2 is 1.68 bits per heavy atom. The number of hydrogen-bond acceptors (Lipinski definition) is 5. The molecule has 0 radical (unpaired) electrons. The lowest BCUT2D eigenvalue weighted by molar-refractivity contribution is -0.143. The van der Waals surface area contributed by atoms with Crippen molar-refractivity contribution < 1.29 is 29.3 Å². The molecule has 0 amide bonds. The van der Waals surface area contributed by atoms with Gasteiger partial charge in [0.1, 0.15) is 11.9 Å². The van der Waals surface area contributed by atoms with Crippen molar-refractivity contribution in [3.05, 3.63) is 71.4 Å². The maximum Gasteiger partial charge on any atom is 0.331 e. The lowest BCUT2D eigenvalue weighted by Crippen LogP contribution is -2.34. The Bertz CT molecular complexity index is 1010. The van der Waals surface area contributed by atoms with Gasteiger partial charge in [-0.3, -0.25) is 4.79 Å². The van der Waals surface area contributed by atoms with Crippen molar-refractivity contribution in [1.29, 1.82) is 0 Å². The molecule has 2 N–H and O–H groups in total. The van der Waals surface area contributed by atoms with E-state index in [0.717, 1.165) is 23.6 Å². The fourth-order valence-electron chi connectivity index (χ4n) is 4.63. The molecule has 0 saturated carbocycles. The van der Waals surface area contributed by atoms with Crippen LogP contribution in [-0.4, -0.2) is 40.1 Å². The number of carbonyl (C=O) groups is 3. The van der Waals surface area contributed by atoms with Gasteiger partial charge in [0, 0.05) is 29.9 Å². The zero-order chi connectivity index (χ0) is 29.0. The van der Waals surface area contributed by atoms with E-state index in [4.69, 9.17) is 9.84 Å². The highest BCUT2D eigenvalue weighted by atomic mass is 16.5. The summed E-state index contributed by atoms with van der Waals surface area (Å²) in [5.74, 6) is -2.02. The lowest BCUT2D eigenvalue weighted by atomic mass is 9.83. The molecular weight excluding hydrogens is 480 g/mol. The highest BCUT2D eigenvalue weighted by Crippen LogP contribution is 2.24. The SMILES string of the molecule is CC(=C/C(C)C/C=C/C(C)=C/C(C)C(=O)C(C)C(O)C(C)C/C(C)=C/C(=O)O)/C=C/C1OC(=O)C=C[C@@H]1C. The number of aliphatic carboxylic acids is 1. The molecule has 1 aliphatic rings. The number of esters is 1. The number of aliphatic hydroxyl groups excluding tert-OH is 1. The molecule has 0 aromatic rings. The van der Waals surface area contributed by atoms with Gasteiger partial charge in [0.25, 0.3) is 0 Å². The molecule has 0 aromatic heterocycles. The molecule has 38 heavy (non-hydrogen) atoms. The average Bonchev–Trinajstić information content (AvgIpc) is 2.82. The Morgan fingerprint density at radius 1 is 1.05 bits per heavy atom. The van der Waals surface area contributed by atoms with Gasteiger partial charge in [-0.25, -0.2) is 9.59 Å². The van der Waals surface area contributed by atoms with Crippen LogP contribution in [0, 0.1) is 29.6 Å². The normalized spacial score (nSPS) is 23.3. The molecule has 0 spiro atoms. The van der Waals surface area contributed by atoms with Crippen LogP contribution in [0.1, 0.15) is 68.2 Å². The van der Waals surface area contributed by atoms with Crippen molar-refractivity contribution in [3.8, 4) is 0 Å². The van der Waals surface area contributed by atoms with E-state index in [0.29, 0.717) is 17.9 Å². The lowest BCUT2D eigenvalue weighted by Gasteiger charge is -2.25. The number of carboxylic acid groups (broad SMARTS) is 1. The number of Topliss-reactive ketones (excluding diaryl/α,β-unsaturated/α-hetero) is 1. The summed E-state index contributed by atoms with van der Waals surface area (Å²) < 4.78 is 5.34. The molecular formula is C32H46O6. The standard InChI is InChI=1S/C32H46O6/c1-20(16-22(3)12-14-28-24(5)13-15-30(35)38-28)10-9-11-21(2)17-25(6)31(36)27(8)32(37)26(7)18-23(4)19-29(33)34/h9,11-17,19-20,24-28,32,37H,10,18H2,1-8H3,(H,33,34)/b11-9+,14-12+,21-17+,22-16-,23-19+/t20?,24-,25?,26?,27?,28?,32?/m0/s1. The Morgan fingerprint density at radius 3 is 2.32 bits per heavy atom. The van der Waals surface area contributed by atoms with Gasteiger partial charge in [-0.05, 0) is 51.5 Å². The molecule has 6 heteroatoms. The summed E-state index contributed by atoms with van der Waals surface area (Å²) in [6, 6.07) is 0. The number of allylic oxidation sites excluding steroid dienone is 8. The summed E-state index contributed by atoms with van der Waals surface area (Å²) in [5.41, 5.74) is 2.75. The number of carboxylic acids is 1. The van der Waals surface area contributed by atoms with Crippen molar-refractivity contribution in [2.24, 2.45) is 29.6 Å². The first-order chi connectivity index (χ1) is 17.7.